The molecule has 19 heavy (non-hydrogen) atoms. The first-order valence-electron chi connectivity index (χ1n) is 6.46. The highest BCUT2D eigenvalue weighted by molar-refractivity contribution is 7.98. The van der Waals surface area contributed by atoms with E-state index in [0.717, 1.165) is 12.8 Å². The van der Waals surface area contributed by atoms with Crippen molar-refractivity contribution in [3.8, 4) is 0 Å². The minimum Gasteiger partial charge on any atom is -0.352 e. The summed E-state index contributed by atoms with van der Waals surface area (Å²) in [5.41, 5.74) is 0.614. The maximum atomic E-state index is 12.2. The standard InChI is InChI=1S/C13H21N3O2S/c1-5-9(6-2)7-14-11(17)10-8(3)15-13(18)16-12(10)19-4/h9H,5-7H2,1-4H3,(H,14,17)(H,15,16,18). The van der Waals surface area contributed by atoms with Gasteiger partial charge in [-0.15, -0.1) is 11.8 Å². The van der Waals surface area contributed by atoms with Crippen LogP contribution in [0.2, 0.25) is 0 Å². The summed E-state index contributed by atoms with van der Waals surface area (Å²) in [5, 5.41) is 3.40. The smallest absolute Gasteiger partial charge is 0.346 e. The molecule has 0 bridgehead atoms. The van der Waals surface area contributed by atoms with Crippen molar-refractivity contribution in [2.75, 3.05) is 12.8 Å². The molecule has 1 aromatic heterocycles. The predicted octanol–water partition coefficient (Wildman–Crippen LogP) is 1.97. The molecule has 0 unspecified atom stereocenters. The largest absolute Gasteiger partial charge is 0.352 e. The fourth-order valence-electron chi connectivity index (χ4n) is 1.88. The molecule has 0 aromatic carbocycles. The summed E-state index contributed by atoms with van der Waals surface area (Å²) < 4.78 is 0. The molecule has 2 N–H and O–H groups in total. The molecule has 1 aromatic rings. The summed E-state index contributed by atoms with van der Waals surface area (Å²) in [4.78, 5) is 29.9. The zero-order valence-electron chi connectivity index (χ0n) is 11.9. The lowest BCUT2D eigenvalue weighted by Gasteiger charge is -2.14. The van der Waals surface area contributed by atoms with E-state index >= 15 is 0 Å². The monoisotopic (exact) mass is 283 g/mol. The van der Waals surface area contributed by atoms with Crippen LogP contribution >= 0.6 is 11.8 Å². The molecule has 0 saturated carbocycles. The Hall–Kier alpha value is -1.30. The maximum Gasteiger partial charge on any atom is 0.346 e. The van der Waals surface area contributed by atoms with Gasteiger partial charge in [-0.2, -0.15) is 4.98 Å². The van der Waals surface area contributed by atoms with Gasteiger partial charge >= 0.3 is 5.69 Å². The molecule has 1 amide bonds. The Balaban J connectivity index is 2.90. The molecule has 0 saturated heterocycles. The number of rotatable bonds is 6. The number of hydrogen-bond donors (Lipinski definition) is 2. The molecule has 1 rings (SSSR count). The quantitative estimate of drug-likeness (QED) is 0.618. The minimum atomic E-state index is -0.418. The molecule has 106 valence electrons. The van der Waals surface area contributed by atoms with Gasteiger partial charge < -0.3 is 10.3 Å². The second kappa shape index (κ2) is 7.33. The number of aromatic nitrogens is 2. The van der Waals surface area contributed by atoms with Crippen molar-refractivity contribution in [2.24, 2.45) is 5.92 Å². The number of carbonyl (C=O) groups is 1. The van der Waals surface area contributed by atoms with E-state index in [4.69, 9.17) is 0 Å². The van der Waals surface area contributed by atoms with Gasteiger partial charge in [-0.3, -0.25) is 4.79 Å². The van der Waals surface area contributed by atoms with Crippen LogP contribution < -0.4 is 11.0 Å². The van der Waals surface area contributed by atoms with Crippen LogP contribution in [0.1, 0.15) is 42.7 Å². The summed E-state index contributed by atoms with van der Waals surface area (Å²) in [6.45, 7) is 6.59. The summed E-state index contributed by atoms with van der Waals surface area (Å²) in [6, 6.07) is 0. The molecule has 0 aliphatic rings. The Bertz CT molecular complexity index is 495. The lowest BCUT2D eigenvalue weighted by atomic mass is 10.0. The third-order valence-corrected chi connectivity index (χ3v) is 3.89. The second-order valence-corrected chi connectivity index (χ2v) is 5.24. The Kier molecular flexibility index (Phi) is 6.08. The first kappa shape index (κ1) is 15.8. The molecule has 0 aliphatic heterocycles. The van der Waals surface area contributed by atoms with Crippen LogP contribution in [0.25, 0.3) is 0 Å². The Labute approximate surface area is 117 Å². The Morgan fingerprint density at radius 1 is 1.42 bits per heavy atom. The SMILES string of the molecule is CCC(CC)CNC(=O)c1c(SC)nc(=O)[nH]c1C. The van der Waals surface area contributed by atoms with E-state index in [1.807, 2.05) is 0 Å². The van der Waals surface area contributed by atoms with Crippen LogP contribution in [0, 0.1) is 12.8 Å². The number of aryl methyl sites for hydroxylation is 1. The van der Waals surface area contributed by atoms with E-state index in [2.05, 4.69) is 29.1 Å². The van der Waals surface area contributed by atoms with E-state index in [0.29, 0.717) is 28.7 Å². The van der Waals surface area contributed by atoms with Crippen LogP contribution in [-0.4, -0.2) is 28.7 Å². The summed E-state index contributed by atoms with van der Waals surface area (Å²) >= 11 is 1.31. The molecular weight excluding hydrogens is 262 g/mol. The molecule has 6 heteroatoms. The van der Waals surface area contributed by atoms with Crippen molar-refractivity contribution in [3.05, 3.63) is 21.7 Å². The zero-order chi connectivity index (χ0) is 14.4. The van der Waals surface area contributed by atoms with Gasteiger partial charge in [0.2, 0.25) is 0 Å². The normalized spacial score (nSPS) is 10.8. The lowest BCUT2D eigenvalue weighted by Crippen LogP contribution is -2.31. The molecule has 0 fully saturated rings. The average Bonchev–Trinajstić information content (AvgIpc) is 2.38. The number of carbonyl (C=O) groups excluding carboxylic acids is 1. The predicted molar refractivity (Wildman–Crippen MR) is 77.8 cm³/mol. The van der Waals surface area contributed by atoms with Gasteiger partial charge in [0, 0.05) is 12.2 Å². The molecule has 0 aliphatic carbocycles. The topological polar surface area (TPSA) is 74.8 Å². The third kappa shape index (κ3) is 4.09. The fraction of sp³-hybridized carbons (Fsp3) is 0.615. The van der Waals surface area contributed by atoms with Gasteiger partial charge in [0.05, 0.1) is 5.56 Å². The van der Waals surface area contributed by atoms with Gasteiger partial charge in [0.25, 0.3) is 5.91 Å². The van der Waals surface area contributed by atoms with E-state index < -0.39 is 5.69 Å². The van der Waals surface area contributed by atoms with E-state index in [9.17, 15) is 9.59 Å². The van der Waals surface area contributed by atoms with Crippen molar-refractivity contribution in [2.45, 2.75) is 38.6 Å². The van der Waals surface area contributed by atoms with Crippen molar-refractivity contribution in [1.29, 1.82) is 0 Å². The number of thioether (sulfide) groups is 1. The molecule has 0 spiro atoms. The zero-order valence-corrected chi connectivity index (χ0v) is 12.7. The molecule has 0 radical (unpaired) electrons. The first-order chi connectivity index (χ1) is 9.03. The van der Waals surface area contributed by atoms with Crippen molar-refractivity contribution >= 4 is 17.7 Å². The maximum absolute atomic E-state index is 12.2. The fourth-order valence-corrected chi connectivity index (χ4v) is 2.50. The highest BCUT2D eigenvalue weighted by atomic mass is 32.2. The summed E-state index contributed by atoms with van der Waals surface area (Å²) in [6.07, 6.45) is 3.88. The van der Waals surface area contributed by atoms with Gasteiger partial charge in [-0.25, -0.2) is 4.79 Å². The number of amides is 1. The molecule has 5 nitrogen and oxygen atoms in total. The number of aromatic amines is 1. The number of H-pyrrole nitrogens is 1. The van der Waals surface area contributed by atoms with Crippen molar-refractivity contribution in [1.82, 2.24) is 15.3 Å². The third-order valence-electron chi connectivity index (χ3n) is 3.21. The van der Waals surface area contributed by atoms with Crippen molar-refractivity contribution in [3.63, 3.8) is 0 Å². The van der Waals surface area contributed by atoms with Gasteiger partial charge in [0.1, 0.15) is 5.03 Å². The van der Waals surface area contributed by atoms with Crippen molar-refractivity contribution < 1.29 is 4.79 Å². The lowest BCUT2D eigenvalue weighted by molar-refractivity contribution is 0.0941. The summed E-state index contributed by atoms with van der Waals surface area (Å²) in [5.74, 6) is 0.315. The van der Waals surface area contributed by atoms with Crippen LogP contribution in [0.4, 0.5) is 0 Å². The van der Waals surface area contributed by atoms with Gasteiger partial charge in [-0.1, -0.05) is 26.7 Å². The number of nitrogens with one attached hydrogen (secondary N) is 2. The Morgan fingerprint density at radius 2 is 2.05 bits per heavy atom. The van der Waals surface area contributed by atoms with Crippen LogP contribution in [-0.2, 0) is 0 Å². The highest BCUT2D eigenvalue weighted by Gasteiger charge is 2.17. The molecule has 1 heterocycles. The van der Waals surface area contributed by atoms with Gasteiger partial charge in [-0.05, 0) is 19.1 Å². The molecular formula is C13H21N3O2S. The minimum absolute atomic E-state index is 0.169. The van der Waals surface area contributed by atoms with E-state index in [-0.39, 0.29) is 5.91 Å². The number of nitrogens with zero attached hydrogens (tertiary/aromatic N) is 1. The first-order valence-corrected chi connectivity index (χ1v) is 7.69. The Morgan fingerprint density at radius 3 is 2.58 bits per heavy atom. The average molecular weight is 283 g/mol. The van der Waals surface area contributed by atoms with E-state index in [1.165, 1.54) is 11.8 Å². The second-order valence-electron chi connectivity index (χ2n) is 4.44. The molecule has 0 atom stereocenters. The van der Waals surface area contributed by atoms with E-state index in [1.54, 1.807) is 13.2 Å². The highest BCUT2D eigenvalue weighted by Crippen LogP contribution is 2.18. The summed E-state index contributed by atoms with van der Waals surface area (Å²) in [7, 11) is 0. The van der Waals surface area contributed by atoms with Crippen LogP contribution in [0.3, 0.4) is 0 Å². The van der Waals surface area contributed by atoms with Gasteiger partial charge in [0.15, 0.2) is 0 Å². The van der Waals surface area contributed by atoms with Crippen LogP contribution in [0.5, 0.6) is 0 Å². The van der Waals surface area contributed by atoms with Crippen LogP contribution in [0.15, 0.2) is 9.82 Å². The number of hydrogen-bond acceptors (Lipinski definition) is 4.